The van der Waals surface area contributed by atoms with Crippen LogP contribution < -0.4 is 14.2 Å². The van der Waals surface area contributed by atoms with Gasteiger partial charge in [-0.1, -0.05) is 28.1 Å². The van der Waals surface area contributed by atoms with Gasteiger partial charge in [-0.25, -0.2) is 0 Å². The summed E-state index contributed by atoms with van der Waals surface area (Å²) in [6, 6.07) is 11.1. The Morgan fingerprint density at radius 3 is 2.50 bits per heavy atom. The fourth-order valence-corrected chi connectivity index (χ4v) is 2.79. The third-order valence-corrected chi connectivity index (χ3v) is 4.19. The molecule has 0 N–H and O–H groups in total. The van der Waals surface area contributed by atoms with Crippen molar-refractivity contribution in [2.24, 2.45) is 0 Å². The van der Waals surface area contributed by atoms with E-state index in [-0.39, 0.29) is 12.2 Å². The first-order valence-corrected chi connectivity index (χ1v) is 7.61. The first-order chi connectivity index (χ1) is 10.6. The van der Waals surface area contributed by atoms with Gasteiger partial charge in [0.1, 0.15) is 17.2 Å². The van der Waals surface area contributed by atoms with Gasteiger partial charge < -0.3 is 14.2 Å². The molecule has 0 aromatic heterocycles. The van der Waals surface area contributed by atoms with E-state index in [1.165, 1.54) is 0 Å². The Kier molecular flexibility index (Phi) is 4.07. The summed E-state index contributed by atoms with van der Waals surface area (Å²) in [7, 11) is 3.15. The van der Waals surface area contributed by atoms with Crippen LogP contribution in [-0.2, 0) is 11.2 Å². The van der Waals surface area contributed by atoms with Crippen molar-refractivity contribution in [2.45, 2.75) is 12.5 Å². The molecule has 1 aliphatic rings. The van der Waals surface area contributed by atoms with Crippen LogP contribution in [0.1, 0.15) is 17.2 Å². The van der Waals surface area contributed by atoms with E-state index in [2.05, 4.69) is 15.9 Å². The Morgan fingerprint density at radius 1 is 1.14 bits per heavy atom. The molecule has 2 aromatic carbocycles. The van der Waals surface area contributed by atoms with Gasteiger partial charge in [0.2, 0.25) is 0 Å². The number of carbonyl (C=O) groups is 1. The van der Waals surface area contributed by atoms with Gasteiger partial charge in [0.15, 0.2) is 11.9 Å². The fraction of sp³-hybridized carbons (Fsp3) is 0.235. The summed E-state index contributed by atoms with van der Waals surface area (Å²) >= 11 is 3.39. The SMILES string of the molecule is COc1cc(OC)c2c(c1)OC(c1ccc(Br)cc1)C(=O)C2. The average Bonchev–Trinajstić information content (AvgIpc) is 2.54. The number of hydrogen-bond acceptors (Lipinski definition) is 4. The minimum Gasteiger partial charge on any atom is -0.496 e. The number of halogens is 1. The highest BCUT2D eigenvalue weighted by atomic mass is 79.9. The molecule has 0 spiro atoms. The summed E-state index contributed by atoms with van der Waals surface area (Å²) in [5.74, 6) is 1.89. The zero-order chi connectivity index (χ0) is 15.7. The van der Waals surface area contributed by atoms with Crippen molar-refractivity contribution >= 4 is 21.7 Å². The summed E-state index contributed by atoms with van der Waals surface area (Å²) < 4.78 is 17.5. The number of ketones is 1. The molecule has 5 heteroatoms. The van der Waals surface area contributed by atoms with Gasteiger partial charge >= 0.3 is 0 Å². The second-order valence-electron chi connectivity index (χ2n) is 5.00. The van der Waals surface area contributed by atoms with Crippen LogP contribution in [0, 0.1) is 0 Å². The molecule has 0 amide bonds. The standard InChI is InChI=1S/C17H15BrO4/c1-20-12-7-15(21-2)13-9-14(19)17(22-16(13)8-12)10-3-5-11(18)6-4-10/h3-8,17H,9H2,1-2H3. The summed E-state index contributed by atoms with van der Waals surface area (Å²) in [4.78, 5) is 12.4. The summed E-state index contributed by atoms with van der Waals surface area (Å²) in [6.45, 7) is 0. The number of carbonyl (C=O) groups excluding carboxylic acids is 1. The molecule has 1 unspecified atom stereocenters. The van der Waals surface area contributed by atoms with Crippen molar-refractivity contribution in [3.63, 3.8) is 0 Å². The third-order valence-electron chi connectivity index (χ3n) is 3.66. The van der Waals surface area contributed by atoms with Crippen LogP contribution in [0.5, 0.6) is 17.2 Å². The first-order valence-electron chi connectivity index (χ1n) is 6.82. The van der Waals surface area contributed by atoms with Crippen molar-refractivity contribution in [1.29, 1.82) is 0 Å². The normalized spacial score (nSPS) is 16.7. The van der Waals surface area contributed by atoms with E-state index in [9.17, 15) is 4.79 Å². The molecule has 0 aliphatic carbocycles. The number of Topliss-reactive ketones (excluding diaryl/α,β-unsaturated/α-hetero) is 1. The Hall–Kier alpha value is -2.01. The molecule has 22 heavy (non-hydrogen) atoms. The van der Waals surface area contributed by atoms with E-state index in [1.807, 2.05) is 24.3 Å². The molecule has 1 aliphatic heterocycles. The van der Waals surface area contributed by atoms with Crippen LogP contribution in [0.2, 0.25) is 0 Å². The second kappa shape index (κ2) is 6.01. The van der Waals surface area contributed by atoms with Gasteiger partial charge in [-0.05, 0) is 17.7 Å². The van der Waals surface area contributed by atoms with E-state index in [0.717, 1.165) is 15.6 Å². The predicted molar refractivity (Wildman–Crippen MR) is 85.8 cm³/mol. The molecule has 0 fully saturated rings. The van der Waals surface area contributed by atoms with Gasteiger partial charge in [0.05, 0.1) is 14.2 Å². The number of rotatable bonds is 3. The Morgan fingerprint density at radius 2 is 1.86 bits per heavy atom. The Balaban J connectivity index is 2.00. The van der Waals surface area contributed by atoms with Crippen LogP contribution in [0.25, 0.3) is 0 Å². The lowest BCUT2D eigenvalue weighted by atomic mass is 9.95. The van der Waals surface area contributed by atoms with Crippen LogP contribution >= 0.6 is 15.9 Å². The quantitative estimate of drug-likeness (QED) is 0.834. The summed E-state index contributed by atoms with van der Waals surface area (Å²) in [5, 5.41) is 0. The molecule has 0 saturated carbocycles. The van der Waals surface area contributed by atoms with Crippen LogP contribution in [0.4, 0.5) is 0 Å². The maximum atomic E-state index is 12.4. The topological polar surface area (TPSA) is 44.8 Å². The largest absolute Gasteiger partial charge is 0.496 e. The van der Waals surface area contributed by atoms with Crippen LogP contribution in [0.15, 0.2) is 40.9 Å². The van der Waals surface area contributed by atoms with Crippen LogP contribution in [-0.4, -0.2) is 20.0 Å². The van der Waals surface area contributed by atoms with Gasteiger partial charge in [-0.3, -0.25) is 4.79 Å². The molecular formula is C17H15BrO4. The van der Waals surface area contributed by atoms with Crippen LogP contribution in [0.3, 0.4) is 0 Å². The molecular weight excluding hydrogens is 348 g/mol. The van der Waals surface area contributed by atoms with E-state index >= 15 is 0 Å². The van der Waals surface area contributed by atoms with Crippen molar-refractivity contribution in [2.75, 3.05) is 14.2 Å². The van der Waals surface area contributed by atoms with Crippen molar-refractivity contribution in [1.82, 2.24) is 0 Å². The van der Waals surface area contributed by atoms with E-state index < -0.39 is 6.10 Å². The number of ether oxygens (including phenoxy) is 3. The second-order valence-corrected chi connectivity index (χ2v) is 5.91. The highest BCUT2D eigenvalue weighted by molar-refractivity contribution is 9.10. The lowest BCUT2D eigenvalue weighted by Crippen LogP contribution is -2.26. The van der Waals surface area contributed by atoms with Gasteiger partial charge in [0.25, 0.3) is 0 Å². The molecule has 114 valence electrons. The zero-order valence-corrected chi connectivity index (χ0v) is 13.8. The molecule has 0 bridgehead atoms. The Labute approximate surface area is 137 Å². The third kappa shape index (κ3) is 2.68. The number of benzene rings is 2. The molecule has 0 radical (unpaired) electrons. The highest BCUT2D eigenvalue weighted by Crippen LogP contribution is 2.41. The summed E-state index contributed by atoms with van der Waals surface area (Å²) in [5.41, 5.74) is 1.60. The molecule has 3 rings (SSSR count). The lowest BCUT2D eigenvalue weighted by molar-refractivity contribution is -0.126. The van der Waals surface area contributed by atoms with Crippen molar-refractivity contribution < 1.29 is 19.0 Å². The van der Waals surface area contributed by atoms with Gasteiger partial charge in [-0.2, -0.15) is 0 Å². The van der Waals surface area contributed by atoms with Gasteiger partial charge in [-0.15, -0.1) is 0 Å². The number of methoxy groups -OCH3 is 2. The Bertz CT molecular complexity index is 709. The monoisotopic (exact) mass is 362 g/mol. The van der Waals surface area contributed by atoms with E-state index in [4.69, 9.17) is 14.2 Å². The van der Waals surface area contributed by atoms with Crippen molar-refractivity contribution in [3.05, 3.63) is 52.0 Å². The average molecular weight is 363 g/mol. The van der Waals surface area contributed by atoms with E-state index in [1.54, 1.807) is 26.4 Å². The lowest BCUT2D eigenvalue weighted by Gasteiger charge is -2.27. The first kappa shape index (κ1) is 14.9. The summed E-state index contributed by atoms with van der Waals surface area (Å²) in [6.07, 6.45) is -0.319. The number of fused-ring (bicyclic) bond motifs is 1. The highest BCUT2D eigenvalue weighted by Gasteiger charge is 2.31. The smallest absolute Gasteiger partial charge is 0.182 e. The maximum Gasteiger partial charge on any atom is 0.182 e. The maximum absolute atomic E-state index is 12.4. The molecule has 1 atom stereocenters. The molecule has 0 saturated heterocycles. The molecule has 2 aromatic rings. The predicted octanol–water partition coefficient (Wildman–Crippen LogP) is 3.71. The van der Waals surface area contributed by atoms with Crippen molar-refractivity contribution in [3.8, 4) is 17.2 Å². The minimum atomic E-state index is -0.600. The number of hydrogen-bond donors (Lipinski definition) is 0. The zero-order valence-electron chi connectivity index (χ0n) is 12.3. The van der Waals surface area contributed by atoms with E-state index in [0.29, 0.717) is 17.2 Å². The minimum absolute atomic E-state index is 0.0123. The fourth-order valence-electron chi connectivity index (χ4n) is 2.53. The molecule has 1 heterocycles. The van der Waals surface area contributed by atoms with Gasteiger partial charge in [0, 0.05) is 28.6 Å². The molecule has 4 nitrogen and oxygen atoms in total.